The van der Waals surface area contributed by atoms with Crippen LogP contribution in [-0.4, -0.2) is 49.4 Å². The average Bonchev–Trinajstić information content (AvgIpc) is 2.91. The molecule has 0 aromatic rings. The van der Waals surface area contributed by atoms with E-state index in [2.05, 4.69) is 48.5 Å². The number of rotatable bonds is 25. The SMILES string of the molecule is CCCCCCCCCCCCCCCCC.CCCCCCCCS(=O)(=O)O.CC[N+](CC)(CC)CC.[F-]. The zero-order chi connectivity index (χ0) is 29.4. The van der Waals surface area contributed by atoms with Crippen molar-refractivity contribution in [1.29, 1.82) is 0 Å². The molecule has 39 heavy (non-hydrogen) atoms. The van der Waals surface area contributed by atoms with Crippen molar-refractivity contribution in [2.24, 2.45) is 0 Å². The largest absolute Gasteiger partial charge is 1.00 e. The average molecular weight is 584 g/mol. The van der Waals surface area contributed by atoms with Crippen molar-refractivity contribution in [1.82, 2.24) is 0 Å². The molecule has 0 bridgehead atoms. The summed E-state index contributed by atoms with van der Waals surface area (Å²) in [5.74, 6) is -0.0842. The molecular weight excluding hydrogens is 509 g/mol. The summed E-state index contributed by atoms with van der Waals surface area (Å²) in [6.07, 6.45) is 28.1. The Morgan fingerprint density at radius 2 is 0.615 bits per heavy atom. The molecule has 0 heterocycles. The number of unbranched alkanes of at least 4 members (excludes halogenated alkanes) is 19. The predicted molar refractivity (Wildman–Crippen MR) is 173 cm³/mol. The number of halogens is 1. The zero-order valence-electron chi connectivity index (χ0n) is 27.9. The van der Waals surface area contributed by atoms with Gasteiger partial charge in [-0.3, -0.25) is 4.55 Å². The minimum atomic E-state index is -3.72. The highest BCUT2D eigenvalue weighted by molar-refractivity contribution is 7.85. The third-order valence-corrected chi connectivity index (χ3v) is 8.95. The summed E-state index contributed by atoms with van der Waals surface area (Å²) in [5.41, 5.74) is 0. The van der Waals surface area contributed by atoms with E-state index < -0.39 is 10.1 Å². The fraction of sp³-hybridized carbons (Fsp3) is 1.00. The van der Waals surface area contributed by atoms with E-state index in [9.17, 15) is 8.42 Å². The van der Waals surface area contributed by atoms with Crippen LogP contribution in [0.5, 0.6) is 0 Å². The van der Waals surface area contributed by atoms with E-state index in [4.69, 9.17) is 4.55 Å². The fourth-order valence-electron chi connectivity index (χ4n) is 4.85. The van der Waals surface area contributed by atoms with Crippen LogP contribution in [-0.2, 0) is 10.1 Å². The van der Waals surface area contributed by atoms with Gasteiger partial charge < -0.3 is 9.19 Å². The van der Waals surface area contributed by atoms with Gasteiger partial charge in [0.05, 0.1) is 31.9 Å². The quantitative estimate of drug-likeness (QED) is 0.0673. The lowest BCUT2D eigenvalue weighted by Gasteiger charge is -2.34. The van der Waals surface area contributed by atoms with Crippen LogP contribution in [0.1, 0.15) is 183 Å². The van der Waals surface area contributed by atoms with Crippen molar-refractivity contribution >= 4 is 10.1 Å². The first-order chi connectivity index (χ1) is 18.2. The molecule has 0 saturated carbocycles. The molecule has 0 aromatic heterocycles. The van der Waals surface area contributed by atoms with Crippen LogP contribution in [0.2, 0.25) is 0 Å². The fourth-order valence-corrected chi connectivity index (χ4v) is 5.42. The van der Waals surface area contributed by atoms with Crippen LogP contribution in [0.3, 0.4) is 0 Å². The molecule has 1 N–H and O–H groups in total. The lowest BCUT2D eigenvalue weighted by molar-refractivity contribution is -0.921. The van der Waals surface area contributed by atoms with E-state index in [0.717, 1.165) is 12.8 Å². The monoisotopic (exact) mass is 584 g/mol. The molecule has 0 aliphatic carbocycles. The standard InChI is InChI=1S/C17H36.C8H20N.C8H18O3S.FH/c1-3-5-7-9-11-13-15-17-16-14-12-10-8-6-4-2;1-5-9(6-2,7-3)8-4;1-2-3-4-5-6-7-8-12(9,10)11;/h3-17H2,1-2H3;5-8H2,1-4H3;2-8H2,1H3,(H,9,10,11);1H/q;+1;;/p-1. The summed E-state index contributed by atoms with van der Waals surface area (Å²) >= 11 is 0. The molecule has 0 radical (unpaired) electrons. The van der Waals surface area contributed by atoms with Crippen LogP contribution in [0.15, 0.2) is 0 Å². The molecule has 242 valence electrons. The van der Waals surface area contributed by atoms with Gasteiger partial charge in [-0.25, -0.2) is 0 Å². The van der Waals surface area contributed by atoms with E-state index >= 15 is 0 Å². The van der Waals surface area contributed by atoms with E-state index in [-0.39, 0.29) is 10.5 Å². The summed E-state index contributed by atoms with van der Waals surface area (Å²) in [6, 6.07) is 0. The first kappa shape index (κ1) is 45.8. The molecule has 0 aliphatic rings. The molecule has 6 heteroatoms. The van der Waals surface area contributed by atoms with Gasteiger partial charge in [-0.1, -0.05) is 149 Å². The maximum atomic E-state index is 10.3. The highest BCUT2D eigenvalue weighted by Crippen LogP contribution is 2.13. The molecule has 0 unspecified atom stereocenters. The van der Waals surface area contributed by atoms with Gasteiger partial charge in [-0.2, -0.15) is 8.42 Å². The smallest absolute Gasteiger partial charge is 0.264 e. The second kappa shape index (κ2) is 35.8. The van der Waals surface area contributed by atoms with Crippen LogP contribution >= 0.6 is 0 Å². The highest BCUT2D eigenvalue weighted by Gasteiger charge is 2.16. The Balaban J connectivity index is -0.000000245. The summed E-state index contributed by atoms with van der Waals surface area (Å²) in [5, 5.41) is 0. The topological polar surface area (TPSA) is 54.4 Å². The zero-order valence-corrected chi connectivity index (χ0v) is 28.7. The summed E-state index contributed by atoms with van der Waals surface area (Å²) in [4.78, 5) is 0. The highest BCUT2D eigenvalue weighted by atomic mass is 32.2. The van der Waals surface area contributed by atoms with E-state index in [1.54, 1.807) is 0 Å². The molecule has 0 saturated heterocycles. The van der Waals surface area contributed by atoms with Gasteiger partial charge in [0.2, 0.25) is 0 Å². The van der Waals surface area contributed by atoms with Gasteiger partial charge >= 0.3 is 0 Å². The maximum Gasteiger partial charge on any atom is 0.264 e. The number of hydrogen-bond acceptors (Lipinski definition) is 2. The summed E-state index contributed by atoms with van der Waals surface area (Å²) in [6.45, 7) is 20.9. The lowest BCUT2D eigenvalue weighted by atomic mass is 10.0. The van der Waals surface area contributed by atoms with Gasteiger partial charge in [0.15, 0.2) is 0 Å². The Morgan fingerprint density at radius 3 is 0.769 bits per heavy atom. The molecule has 4 nitrogen and oxygen atoms in total. The molecular formula is C33H74FNO3S. The Labute approximate surface area is 247 Å². The molecule has 0 spiro atoms. The van der Waals surface area contributed by atoms with Gasteiger partial charge in [-0.05, 0) is 34.1 Å². The van der Waals surface area contributed by atoms with Gasteiger partial charge in [0, 0.05) is 0 Å². The molecule has 0 aliphatic heterocycles. The molecule has 0 aromatic carbocycles. The minimum Gasteiger partial charge on any atom is -1.00 e. The van der Waals surface area contributed by atoms with Crippen molar-refractivity contribution in [3.8, 4) is 0 Å². The second-order valence-electron chi connectivity index (χ2n) is 11.3. The normalized spacial score (nSPS) is 11.2. The van der Waals surface area contributed by atoms with Crippen LogP contribution in [0, 0.1) is 0 Å². The van der Waals surface area contributed by atoms with Crippen molar-refractivity contribution in [3.63, 3.8) is 0 Å². The molecule has 0 fully saturated rings. The summed E-state index contributed by atoms with van der Waals surface area (Å²) in [7, 11) is -3.72. The van der Waals surface area contributed by atoms with E-state index in [1.807, 2.05) is 0 Å². The van der Waals surface area contributed by atoms with Crippen LogP contribution < -0.4 is 4.70 Å². The van der Waals surface area contributed by atoms with Gasteiger partial charge in [-0.15, -0.1) is 0 Å². The molecule has 0 rings (SSSR count). The minimum absolute atomic E-state index is 0. The molecule has 0 amide bonds. The summed E-state index contributed by atoms with van der Waals surface area (Å²) < 4.78 is 30.2. The third-order valence-electron chi connectivity index (χ3n) is 8.15. The predicted octanol–water partition coefficient (Wildman–Crippen LogP) is 8.00. The van der Waals surface area contributed by atoms with Crippen molar-refractivity contribution in [2.75, 3.05) is 31.9 Å². The number of nitrogens with zero attached hydrogens (tertiary/aromatic N) is 1. The number of hydrogen-bond donors (Lipinski definition) is 1. The van der Waals surface area contributed by atoms with E-state index in [0.29, 0.717) is 6.42 Å². The maximum absolute atomic E-state index is 10.3. The first-order valence-corrected chi connectivity index (χ1v) is 18.6. The first-order valence-electron chi connectivity index (χ1n) is 17.0. The van der Waals surface area contributed by atoms with Crippen molar-refractivity contribution < 1.29 is 22.2 Å². The van der Waals surface area contributed by atoms with Crippen LogP contribution in [0.4, 0.5) is 0 Å². The Kier molecular flexibility index (Phi) is 42.1. The van der Waals surface area contributed by atoms with Crippen LogP contribution in [0.25, 0.3) is 0 Å². The van der Waals surface area contributed by atoms with E-state index in [1.165, 1.54) is 146 Å². The Hall–Kier alpha value is -0.200. The second-order valence-corrected chi connectivity index (χ2v) is 12.8. The Bertz CT molecular complexity index is 494. The molecule has 0 atom stereocenters. The lowest BCUT2D eigenvalue weighted by Crippen LogP contribution is -3.00. The van der Waals surface area contributed by atoms with Crippen molar-refractivity contribution in [3.05, 3.63) is 0 Å². The van der Waals surface area contributed by atoms with Crippen molar-refractivity contribution in [2.45, 2.75) is 183 Å². The van der Waals surface area contributed by atoms with Gasteiger partial charge in [0.1, 0.15) is 0 Å². The third kappa shape index (κ3) is 40.0. The number of quaternary nitrogens is 1. The van der Waals surface area contributed by atoms with Gasteiger partial charge in [0.25, 0.3) is 10.1 Å². The Morgan fingerprint density at radius 1 is 0.410 bits per heavy atom.